The summed E-state index contributed by atoms with van der Waals surface area (Å²) in [6.45, 7) is 7.39. The van der Waals surface area contributed by atoms with Gasteiger partial charge in [0.2, 0.25) is 0 Å². The summed E-state index contributed by atoms with van der Waals surface area (Å²) >= 11 is 0. The number of hydrogen-bond donors (Lipinski definition) is 0. The van der Waals surface area contributed by atoms with Gasteiger partial charge < -0.3 is 4.74 Å². The molecule has 0 fully saturated rings. The number of ether oxygens (including phenoxy) is 1. The zero-order chi connectivity index (χ0) is 13.1. The Kier molecular flexibility index (Phi) is 4.15. The fraction of sp³-hybridized carbons (Fsp3) is 0.417. The number of rotatable bonds is 4. The number of halogens is 3. The van der Waals surface area contributed by atoms with E-state index in [1.54, 1.807) is 13.8 Å². The summed E-state index contributed by atoms with van der Waals surface area (Å²) in [5, 5.41) is 0. The molecule has 1 aromatic rings. The molecule has 5 heteroatoms. The lowest BCUT2D eigenvalue weighted by Crippen LogP contribution is -2.08. The third kappa shape index (κ3) is 3.47. The molecule has 0 aliphatic rings. The first-order valence-electron chi connectivity index (χ1n) is 5.28. The van der Waals surface area contributed by atoms with Gasteiger partial charge in [-0.3, -0.25) is 0 Å². The highest BCUT2D eigenvalue weighted by Gasteiger charge is 2.31. The second kappa shape index (κ2) is 5.21. The van der Waals surface area contributed by atoms with Crippen LogP contribution in [-0.2, 0) is 17.3 Å². The standard InChI is InChI=1S/C12H14F3NO/c1-4-10-6-9(12(13,14)15)7-11(16-10)8(3)17-5-2/h6-7H,3-5H2,1-2H3. The lowest BCUT2D eigenvalue weighted by molar-refractivity contribution is -0.137. The minimum Gasteiger partial charge on any atom is -0.492 e. The van der Waals surface area contributed by atoms with E-state index in [4.69, 9.17) is 4.74 Å². The Bertz CT molecular complexity index is 413. The van der Waals surface area contributed by atoms with Crippen molar-refractivity contribution in [2.45, 2.75) is 26.4 Å². The lowest BCUT2D eigenvalue weighted by Gasteiger charge is -2.12. The highest BCUT2D eigenvalue weighted by atomic mass is 19.4. The summed E-state index contributed by atoms with van der Waals surface area (Å²) in [5.41, 5.74) is -0.214. The van der Waals surface area contributed by atoms with E-state index in [1.807, 2.05) is 0 Å². The van der Waals surface area contributed by atoms with E-state index in [0.717, 1.165) is 12.1 Å². The van der Waals surface area contributed by atoms with Crippen molar-refractivity contribution in [3.63, 3.8) is 0 Å². The van der Waals surface area contributed by atoms with Crippen LogP contribution in [0.5, 0.6) is 0 Å². The quantitative estimate of drug-likeness (QED) is 0.755. The molecule has 0 aliphatic heterocycles. The molecule has 0 radical (unpaired) electrons. The summed E-state index contributed by atoms with van der Waals surface area (Å²) in [5.74, 6) is 0.160. The van der Waals surface area contributed by atoms with Crippen LogP contribution in [0.2, 0.25) is 0 Å². The van der Waals surface area contributed by atoms with Gasteiger partial charge in [-0.15, -0.1) is 0 Å². The molecule has 0 amide bonds. The van der Waals surface area contributed by atoms with Gasteiger partial charge in [-0.05, 0) is 25.5 Å². The molecule has 0 unspecified atom stereocenters. The number of nitrogens with zero attached hydrogens (tertiary/aromatic N) is 1. The largest absolute Gasteiger partial charge is 0.492 e. The Morgan fingerprint density at radius 3 is 2.47 bits per heavy atom. The summed E-state index contributed by atoms with van der Waals surface area (Å²) < 4.78 is 43.0. The Hall–Kier alpha value is -1.52. The van der Waals surface area contributed by atoms with Crippen molar-refractivity contribution in [3.05, 3.63) is 35.7 Å². The Morgan fingerprint density at radius 2 is 2.00 bits per heavy atom. The second-order valence-electron chi connectivity index (χ2n) is 3.44. The Morgan fingerprint density at radius 1 is 1.35 bits per heavy atom. The highest BCUT2D eigenvalue weighted by Crippen LogP contribution is 2.31. The molecule has 0 bridgehead atoms. The van der Waals surface area contributed by atoms with Gasteiger partial charge in [-0.2, -0.15) is 13.2 Å². The van der Waals surface area contributed by atoms with Gasteiger partial charge >= 0.3 is 6.18 Å². The molecule has 0 saturated heterocycles. The van der Waals surface area contributed by atoms with Crippen LogP contribution in [0.3, 0.4) is 0 Å². The fourth-order valence-corrected chi connectivity index (χ4v) is 1.32. The number of pyridine rings is 1. The molecule has 0 aromatic carbocycles. The number of hydrogen-bond acceptors (Lipinski definition) is 2. The third-order valence-corrected chi connectivity index (χ3v) is 2.17. The van der Waals surface area contributed by atoms with Crippen LogP contribution in [-0.4, -0.2) is 11.6 Å². The zero-order valence-corrected chi connectivity index (χ0v) is 9.77. The molecule has 0 saturated carbocycles. The Balaban J connectivity index is 3.19. The van der Waals surface area contributed by atoms with E-state index in [1.165, 1.54) is 0 Å². The van der Waals surface area contributed by atoms with Gasteiger partial charge in [-0.1, -0.05) is 13.5 Å². The van der Waals surface area contributed by atoms with Crippen LogP contribution >= 0.6 is 0 Å². The van der Waals surface area contributed by atoms with Crippen LogP contribution < -0.4 is 0 Å². The van der Waals surface area contributed by atoms with Crippen LogP contribution in [0.25, 0.3) is 5.76 Å². The molecule has 0 N–H and O–H groups in total. The summed E-state index contributed by atoms with van der Waals surface area (Å²) in [6, 6.07) is 2.00. The monoisotopic (exact) mass is 245 g/mol. The smallest absolute Gasteiger partial charge is 0.416 e. The van der Waals surface area contributed by atoms with Gasteiger partial charge in [0.1, 0.15) is 11.5 Å². The third-order valence-electron chi connectivity index (χ3n) is 2.17. The fourth-order valence-electron chi connectivity index (χ4n) is 1.32. The molecule has 94 valence electrons. The molecule has 0 aliphatic carbocycles. The minimum absolute atomic E-state index is 0.138. The Labute approximate surface area is 98.1 Å². The van der Waals surface area contributed by atoms with Gasteiger partial charge in [0, 0.05) is 5.69 Å². The topological polar surface area (TPSA) is 22.1 Å². The predicted molar refractivity (Wildman–Crippen MR) is 59.3 cm³/mol. The van der Waals surface area contributed by atoms with Gasteiger partial charge in [-0.25, -0.2) is 4.98 Å². The van der Waals surface area contributed by atoms with Crippen LogP contribution in [0, 0.1) is 0 Å². The SMILES string of the molecule is C=C(OCC)c1cc(C(F)(F)F)cc(CC)n1. The molecule has 2 nitrogen and oxygen atoms in total. The van der Waals surface area contributed by atoms with E-state index in [0.29, 0.717) is 18.7 Å². The maximum atomic E-state index is 12.6. The van der Waals surface area contributed by atoms with Crippen LogP contribution in [0.15, 0.2) is 18.7 Å². The van der Waals surface area contributed by atoms with E-state index in [9.17, 15) is 13.2 Å². The number of aryl methyl sites for hydroxylation is 1. The maximum Gasteiger partial charge on any atom is 0.416 e. The van der Waals surface area contributed by atoms with E-state index < -0.39 is 11.7 Å². The maximum absolute atomic E-state index is 12.6. The van der Waals surface area contributed by atoms with E-state index >= 15 is 0 Å². The first kappa shape index (κ1) is 13.5. The van der Waals surface area contributed by atoms with Gasteiger partial charge in [0.05, 0.1) is 12.2 Å². The van der Waals surface area contributed by atoms with Crippen LogP contribution in [0.1, 0.15) is 30.8 Å². The summed E-state index contributed by atoms with van der Waals surface area (Å²) in [4.78, 5) is 4.06. The normalized spacial score (nSPS) is 11.4. The van der Waals surface area contributed by atoms with Crippen molar-refractivity contribution in [2.24, 2.45) is 0 Å². The molecule has 1 heterocycles. The number of aromatic nitrogens is 1. The van der Waals surface area contributed by atoms with E-state index in [2.05, 4.69) is 11.6 Å². The molecular weight excluding hydrogens is 231 g/mol. The predicted octanol–water partition coefficient (Wildman–Crippen LogP) is 3.67. The first-order valence-corrected chi connectivity index (χ1v) is 5.28. The van der Waals surface area contributed by atoms with Crippen molar-refractivity contribution >= 4 is 5.76 Å². The van der Waals surface area contributed by atoms with Crippen molar-refractivity contribution in [1.82, 2.24) is 4.98 Å². The molecule has 17 heavy (non-hydrogen) atoms. The van der Waals surface area contributed by atoms with Gasteiger partial charge in [0.15, 0.2) is 0 Å². The van der Waals surface area contributed by atoms with Gasteiger partial charge in [0.25, 0.3) is 0 Å². The van der Waals surface area contributed by atoms with Crippen molar-refractivity contribution in [3.8, 4) is 0 Å². The highest BCUT2D eigenvalue weighted by molar-refractivity contribution is 5.54. The molecule has 0 spiro atoms. The first-order chi connectivity index (χ1) is 7.88. The summed E-state index contributed by atoms with van der Waals surface area (Å²) in [6.07, 6.45) is -3.95. The summed E-state index contributed by atoms with van der Waals surface area (Å²) in [7, 11) is 0. The number of alkyl halides is 3. The lowest BCUT2D eigenvalue weighted by atomic mass is 10.1. The molecule has 1 rings (SSSR count). The molecule has 1 aromatic heterocycles. The van der Waals surface area contributed by atoms with Crippen LogP contribution in [0.4, 0.5) is 13.2 Å². The average Bonchev–Trinajstić information content (AvgIpc) is 2.27. The van der Waals surface area contributed by atoms with E-state index in [-0.39, 0.29) is 11.5 Å². The van der Waals surface area contributed by atoms with Crippen molar-refractivity contribution in [1.29, 1.82) is 0 Å². The zero-order valence-electron chi connectivity index (χ0n) is 9.77. The average molecular weight is 245 g/mol. The molecule has 0 atom stereocenters. The minimum atomic E-state index is -4.38. The molecular formula is C12H14F3NO. The van der Waals surface area contributed by atoms with Crippen molar-refractivity contribution < 1.29 is 17.9 Å². The van der Waals surface area contributed by atoms with Crippen molar-refractivity contribution in [2.75, 3.05) is 6.61 Å². The second-order valence-corrected chi connectivity index (χ2v) is 3.44.